The predicted octanol–water partition coefficient (Wildman–Crippen LogP) is -2.24. The summed E-state index contributed by atoms with van der Waals surface area (Å²) in [4.78, 5) is 63.6. The van der Waals surface area contributed by atoms with Crippen molar-refractivity contribution in [3.63, 3.8) is 0 Å². The number of H-pyrrole nitrogens is 1. The molecular formula is C22H30N6O7S. The third-order valence-corrected chi connectivity index (χ3v) is 5.77. The molecule has 36 heavy (non-hydrogen) atoms. The van der Waals surface area contributed by atoms with Crippen LogP contribution >= 0.6 is 12.6 Å². The number of hydrogen-bond acceptors (Lipinski definition) is 8. The van der Waals surface area contributed by atoms with Crippen LogP contribution in [0.25, 0.3) is 10.9 Å². The third kappa shape index (κ3) is 7.96. The average Bonchev–Trinajstić information content (AvgIpc) is 3.26. The van der Waals surface area contributed by atoms with Gasteiger partial charge in [0.2, 0.25) is 23.6 Å². The molecule has 14 heteroatoms. The lowest BCUT2D eigenvalue weighted by Gasteiger charge is -2.24. The Kier molecular flexibility index (Phi) is 10.7. The molecule has 0 saturated carbocycles. The number of nitrogens with two attached hydrogens (primary N) is 2. The molecule has 0 saturated heterocycles. The summed E-state index contributed by atoms with van der Waals surface area (Å²) >= 11 is 3.91. The van der Waals surface area contributed by atoms with Gasteiger partial charge in [-0.25, -0.2) is 4.79 Å². The lowest BCUT2D eigenvalue weighted by Crippen LogP contribution is -2.58. The third-order valence-electron chi connectivity index (χ3n) is 5.37. The summed E-state index contributed by atoms with van der Waals surface area (Å²) in [6.45, 7) is -0.858. The molecule has 0 spiro atoms. The Morgan fingerprint density at radius 2 is 1.58 bits per heavy atom. The zero-order valence-corrected chi connectivity index (χ0v) is 20.2. The summed E-state index contributed by atoms with van der Waals surface area (Å²) in [7, 11) is 0. The van der Waals surface area contributed by atoms with Gasteiger partial charge in [0.25, 0.3) is 0 Å². The van der Waals surface area contributed by atoms with E-state index in [2.05, 4.69) is 33.6 Å². The Morgan fingerprint density at radius 1 is 0.972 bits per heavy atom. The summed E-state index contributed by atoms with van der Waals surface area (Å²) in [5.74, 6) is -4.62. The number of carboxylic acid groups (broad SMARTS) is 1. The minimum atomic E-state index is -1.53. The molecule has 1 aromatic heterocycles. The number of aliphatic hydroxyl groups excluding tert-OH is 1. The predicted molar refractivity (Wildman–Crippen MR) is 133 cm³/mol. The van der Waals surface area contributed by atoms with Crippen LogP contribution in [0.5, 0.6) is 0 Å². The maximum Gasteiger partial charge on any atom is 0.326 e. The second-order valence-electron chi connectivity index (χ2n) is 8.06. The molecule has 13 nitrogen and oxygen atoms in total. The standard InChI is InChI=1S/C22H30N6O7S/c23-13(10-36)19(31)26-15(5-6-18(24)30)20(32)28-17(9-29)21(33)27-16(22(34)35)7-11-8-25-14-4-2-1-3-12(11)14/h1-4,8,13,15-17,25,29,36H,5-7,9-10,23H2,(H2,24,30)(H,26,31)(H,27,33)(H,28,32)(H,34,35). The van der Waals surface area contributed by atoms with Crippen LogP contribution in [0.3, 0.4) is 0 Å². The first kappa shape index (κ1) is 28.6. The fraction of sp³-hybridized carbons (Fsp3) is 0.409. The number of carboxylic acids is 1. The van der Waals surface area contributed by atoms with Crippen molar-refractivity contribution in [3.8, 4) is 0 Å². The number of carbonyl (C=O) groups is 5. The number of aliphatic hydroxyl groups is 1. The highest BCUT2D eigenvalue weighted by atomic mass is 32.1. The van der Waals surface area contributed by atoms with Crippen LogP contribution in [0.2, 0.25) is 0 Å². The number of para-hydroxylation sites is 1. The van der Waals surface area contributed by atoms with Gasteiger partial charge in [-0.1, -0.05) is 18.2 Å². The van der Waals surface area contributed by atoms with Crippen molar-refractivity contribution in [1.29, 1.82) is 0 Å². The molecule has 0 aliphatic rings. The number of benzene rings is 1. The van der Waals surface area contributed by atoms with Gasteiger partial charge in [0.1, 0.15) is 18.1 Å². The van der Waals surface area contributed by atoms with E-state index >= 15 is 0 Å². The topological polar surface area (TPSA) is 230 Å². The van der Waals surface area contributed by atoms with Gasteiger partial charge in [0.15, 0.2) is 0 Å². The number of carbonyl (C=O) groups excluding carboxylic acids is 4. The number of primary amides is 1. The number of thiol groups is 1. The quantitative estimate of drug-likeness (QED) is 0.123. The van der Waals surface area contributed by atoms with E-state index in [1.165, 1.54) is 0 Å². The van der Waals surface area contributed by atoms with Crippen molar-refractivity contribution in [2.75, 3.05) is 12.4 Å². The lowest BCUT2D eigenvalue weighted by molar-refractivity contribution is -0.142. The number of aromatic nitrogens is 1. The number of rotatable bonds is 14. The highest BCUT2D eigenvalue weighted by molar-refractivity contribution is 7.80. The van der Waals surface area contributed by atoms with Crippen LogP contribution in [0, 0.1) is 0 Å². The Morgan fingerprint density at radius 3 is 2.19 bits per heavy atom. The van der Waals surface area contributed by atoms with Crippen molar-refractivity contribution < 1.29 is 34.2 Å². The first-order chi connectivity index (χ1) is 17.1. The number of amides is 4. The van der Waals surface area contributed by atoms with Crippen LogP contribution in [-0.4, -0.2) is 81.3 Å². The Bertz CT molecular complexity index is 1110. The number of hydrogen-bond donors (Lipinski definition) is 9. The van der Waals surface area contributed by atoms with E-state index in [4.69, 9.17) is 11.5 Å². The Labute approximate surface area is 211 Å². The van der Waals surface area contributed by atoms with Crippen LogP contribution in [0.4, 0.5) is 0 Å². The molecule has 1 aromatic carbocycles. The van der Waals surface area contributed by atoms with Gasteiger partial charge in [-0.15, -0.1) is 0 Å². The molecule has 2 aromatic rings. The fourth-order valence-corrected chi connectivity index (χ4v) is 3.54. The van der Waals surface area contributed by atoms with Crippen molar-refractivity contribution in [3.05, 3.63) is 36.0 Å². The van der Waals surface area contributed by atoms with Gasteiger partial charge in [-0.05, 0) is 18.1 Å². The highest BCUT2D eigenvalue weighted by Gasteiger charge is 2.30. The first-order valence-electron chi connectivity index (χ1n) is 11.0. The van der Waals surface area contributed by atoms with Crippen LogP contribution in [-0.2, 0) is 30.4 Å². The fourth-order valence-electron chi connectivity index (χ4n) is 3.38. The number of nitrogens with one attached hydrogen (secondary N) is 4. The van der Waals surface area contributed by atoms with Crippen molar-refractivity contribution in [2.24, 2.45) is 11.5 Å². The zero-order valence-electron chi connectivity index (χ0n) is 19.3. The molecule has 10 N–H and O–H groups in total. The maximum atomic E-state index is 12.7. The summed E-state index contributed by atoms with van der Waals surface area (Å²) < 4.78 is 0. The first-order valence-corrected chi connectivity index (χ1v) is 11.6. The summed E-state index contributed by atoms with van der Waals surface area (Å²) in [5.41, 5.74) is 12.2. The van der Waals surface area contributed by atoms with Crippen molar-refractivity contribution in [1.82, 2.24) is 20.9 Å². The van der Waals surface area contributed by atoms with Crippen LogP contribution in [0.15, 0.2) is 30.5 Å². The van der Waals surface area contributed by atoms with Crippen LogP contribution < -0.4 is 27.4 Å². The van der Waals surface area contributed by atoms with Gasteiger partial charge in [0.05, 0.1) is 12.6 Å². The smallest absolute Gasteiger partial charge is 0.326 e. The molecule has 1 heterocycles. The number of aromatic amines is 1. The van der Waals surface area contributed by atoms with Crippen molar-refractivity contribution >= 4 is 53.1 Å². The summed E-state index contributed by atoms with van der Waals surface area (Å²) in [5, 5.41) is 27.0. The SMILES string of the molecule is NC(=O)CCC(NC(=O)C(N)CS)C(=O)NC(CO)C(=O)NC(Cc1c[nH]c2ccccc12)C(=O)O. The zero-order chi connectivity index (χ0) is 26.8. The van der Waals surface area contributed by atoms with Gasteiger partial charge in [-0.3, -0.25) is 19.2 Å². The van der Waals surface area contributed by atoms with Gasteiger partial charge >= 0.3 is 5.97 Å². The second kappa shape index (κ2) is 13.5. The van der Waals surface area contributed by atoms with Crippen LogP contribution in [0.1, 0.15) is 18.4 Å². The Hall–Kier alpha value is -3.62. The normalized spacial score (nSPS) is 14.3. The average molecular weight is 523 g/mol. The molecule has 4 unspecified atom stereocenters. The van der Waals surface area contributed by atoms with Crippen molar-refractivity contribution in [2.45, 2.75) is 43.4 Å². The molecule has 196 valence electrons. The second-order valence-corrected chi connectivity index (χ2v) is 8.43. The number of aliphatic carboxylic acids is 1. The highest BCUT2D eigenvalue weighted by Crippen LogP contribution is 2.19. The molecular weight excluding hydrogens is 492 g/mol. The van der Waals surface area contributed by atoms with Gasteiger partial charge in [0, 0.05) is 35.7 Å². The molecule has 0 aliphatic carbocycles. The molecule has 4 atom stereocenters. The van der Waals surface area contributed by atoms with E-state index in [1.807, 2.05) is 12.1 Å². The minimum Gasteiger partial charge on any atom is -0.480 e. The maximum absolute atomic E-state index is 12.7. The van der Waals surface area contributed by atoms with Gasteiger partial charge < -0.3 is 42.6 Å². The van der Waals surface area contributed by atoms with E-state index in [1.54, 1.807) is 18.3 Å². The minimum absolute atomic E-state index is 0.00926. The molecule has 0 radical (unpaired) electrons. The summed E-state index contributed by atoms with van der Waals surface area (Å²) in [6.07, 6.45) is 1.14. The van der Waals surface area contributed by atoms with E-state index < -0.39 is 60.4 Å². The lowest BCUT2D eigenvalue weighted by atomic mass is 10.0. The van der Waals surface area contributed by atoms with E-state index in [0.29, 0.717) is 5.56 Å². The number of fused-ring (bicyclic) bond motifs is 1. The van der Waals surface area contributed by atoms with Gasteiger partial charge in [-0.2, -0.15) is 12.6 Å². The molecule has 0 fully saturated rings. The Balaban J connectivity index is 2.10. The monoisotopic (exact) mass is 522 g/mol. The molecule has 0 bridgehead atoms. The van der Waals surface area contributed by atoms with E-state index in [-0.39, 0.29) is 25.0 Å². The molecule has 0 aliphatic heterocycles. The molecule has 4 amide bonds. The van der Waals surface area contributed by atoms with E-state index in [0.717, 1.165) is 10.9 Å². The summed E-state index contributed by atoms with van der Waals surface area (Å²) in [6, 6.07) is 2.02. The largest absolute Gasteiger partial charge is 0.480 e. The van der Waals surface area contributed by atoms with E-state index in [9.17, 15) is 34.2 Å². The molecule has 2 rings (SSSR count).